The highest BCUT2D eigenvalue weighted by Gasteiger charge is 2.54. The van der Waals surface area contributed by atoms with E-state index in [1.807, 2.05) is 0 Å². The first-order chi connectivity index (χ1) is 48.2. The molecule has 3 fully saturated rings. The van der Waals surface area contributed by atoms with Crippen LogP contribution in [0.25, 0.3) is 0 Å². The molecular weight excluding hydrogens is 1330 g/mol. The number of esters is 2. The number of allylic oxidation sites excluding steroid dienone is 4. The van der Waals surface area contributed by atoms with Crippen LogP contribution in [-0.2, 0) is 75.5 Å². The van der Waals surface area contributed by atoms with Crippen LogP contribution in [0.3, 0.4) is 0 Å². The molecule has 29 nitrogen and oxygen atoms in total. The summed E-state index contributed by atoms with van der Waals surface area (Å²) in [4.78, 5) is 73.8. The molecule has 3 amide bonds. The van der Waals surface area contributed by atoms with Crippen molar-refractivity contribution < 1.29 is 126 Å². The number of phosphoric ester groups is 1. The third kappa shape index (κ3) is 38.4. The number of aliphatic hydroxyl groups is 9. The number of phosphoric acid groups is 1. The van der Waals surface area contributed by atoms with Gasteiger partial charge in [0.25, 0.3) is 0 Å². The summed E-state index contributed by atoms with van der Waals surface area (Å²) in [6, 6.07) is -1.36. The van der Waals surface area contributed by atoms with Crippen LogP contribution in [0.15, 0.2) is 24.3 Å². The maximum atomic E-state index is 13.0. The summed E-state index contributed by atoms with van der Waals surface area (Å²) >= 11 is 0. The summed E-state index contributed by atoms with van der Waals surface area (Å²) in [6.07, 6.45) is 14.1. The van der Waals surface area contributed by atoms with E-state index in [2.05, 4.69) is 54.1 Å². The number of hydrogen-bond donors (Lipinski definition) is 13. The molecule has 17 atom stereocenters. The molecule has 3 aliphatic heterocycles. The minimum atomic E-state index is -4.73. The fourth-order valence-electron chi connectivity index (χ4n) is 11.7. The number of carbonyl (C=O) groups is 5. The van der Waals surface area contributed by atoms with Crippen molar-refractivity contribution in [2.75, 3.05) is 59.3 Å². The number of unbranched alkanes of at least 4 members (excludes halogenated alkanes) is 23. The van der Waals surface area contributed by atoms with Gasteiger partial charge in [0.1, 0.15) is 79.8 Å². The van der Waals surface area contributed by atoms with E-state index >= 15 is 0 Å². The van der Waals surface area contributed by atoms with Crippen molar-refractivity contribution in [2.45, 2.75) is 331 Å². The van der Waals surface area contributed by atoms with Crippen LogP contribution in [0, 0.1) is 0 Å². The van der Waals surface area contributed by atoms with E-state index in [0.717, 1.165) is 84.0 Å². The van der Waals surface area contributed by atoms with Gasteiger partial charge in [0, 0.05) is 45.7 Å². The van der Waals surface area contributed by atoms with Gasteiger partial charge >= 0.3 is 19.8 Å². The van der Waals surface area contributed by atoms with Gasteiger partial charge in [0.15, 0.2) is 25.0 Å². The molecule has 0 aromatic heterocycles. The zero-order valence-electron chi connectivity index (χ0n) is 59.7. The van der Waals surface area contributed by atoms with Crippen molar-refractivity contribution in [3.8, 4) is 0 Å². The Labute approximate surface area is 592 Å². The van der Waals surface area contributed by atoms with Crippen LogP contribution in [0.5, 0.6) is 0 Å². The third-order valence-electron chi connectivity index (χ3n) is 17.6. The number of aliphatic hydroxyl groups excluding tert-OH is 9. The Kier molecular flexibility index (Phi) is 49.7. The second-order valence-corrected chi connectivity index (χ2v) is 27.7. The first-order valence-electron chi connectivity index (χ1n) is 37.1. The topological polar surface area (TPSA) is 433 Å². The number of ether oxygens (including phenoxy) is 8. The van der Waals surface area contributed by atoms with Crippen molar-refractivity contribution in [1.29, 1.82) is 0 Å². The lowest BCUT2D eigenvalue weighted by atomic mass is 9.95. The summed E-state index contributed by atoms with van der Waals surface area (Å²) in [7, 11) is -4.73. The highest BCUT2D eigenvalue weighted by molar-refractivity contribution is 7.47. The average molecular weight is 1460 g/mol. The van der Waals surface area contributed by atoms with Crippen molar-refractivity contribution >= 4 is 37.5 Å². The third-order valence-corrected chi connectivity index (χ3v) is 18.6. The van der Waals surface area contributed by atoms with Gasteiger partial charge in [-0.05, 0) is 83.5 Å². The smallest absolute Gasteiger partial charge is 0.462 e. The van der Waals surface area contributed by atoms with Crippen LogP contribution in [0.1, 0.15) is 233 Å². The van der Waals surface area contributed by atoms with Gasteiger partial charge in [0.2, 0.25) is 17.7 Å². The lowest BCUT2D eigenvalue weighted by Gasteiger charge is -2.48. The van der Waals surface area contributed by atoms with Crippen molar-refractivity contribution in [3.05, 3.63) is 24.3 Å². The van der Waals surface area contributed by atoms with Crippen LogP contribution in [0.4, 0.5) is 0 Å². The molecule has 3 heterocycles. The lowest BCUT2D eigenvalue weighted by molar-refractivity contribution is -0.376. The predicted octanol–water partition coefficient (Wildman–Crippen LogP) is 5.44. The summed E-state index contributed by atoms with van der Waals surface area (Å²) in [5.41, 5.74) is 0. The van der Waals surface area contributed by atoms with Gasteiger partial charge in [-0.25, -0.2) is 4.57 Å². The average Bonchev–Trinajstić information content (AvgIpc) is 0.781. The van der Waals surface area contributed by atoms with Crippen LogP contribution < -0.4 is 16.0 Å². The molecule has 3 aliphatic rings. The van der Waals surface area contributed by atoms with Crippen LogP contribution in [-0.4, -0.2) is 238 Å². The minimum Gasteiger partial charge on any atom is -0.462 e. The fourth-order valence-corrected chi connectivity index (χ4v) is 12.4. The Morgan fingerprint density at radius 3 is 1.43 bits per heavy atom. The van der Waals surface area contributed by atoms with Gasteiger partial charge < -0.3 is 105 Å². The molecule has 582 valence electrons. The highest BCUT2D eigenvalue weighted by atomic mass is 31.2. The van der Waals surface area contributed by atoms with E-state index in [4.69, 9.17) is 46.9 Å². The van der Waals surface area contributed by atoms with Crippen molar-refractivity contribution in [2.24, 2.45) is 0 Å². The number of rotatable bonds is 58. The van der Waals surface area contributed by atoms with E-state index < -0.39 is 163 Å². The fraction of sp³-hybridized carbons (Fsp3) is 0.871. The molecule has 13 N–H and O–H groups in total. The monoisotopic (exact) mass is 1460 g/mol. The quantitative estimate of drug-likeness (QED) is 0.0156. The maximum Gasteiger partial charge on any atom is 0.472 e. The van der Waals surface area contributed by atoms with Gasteiger partial charge in [0.05, 0.1) is 39.6 Å². The Morgan fingerprint density at radius 2 is 0.910 bits per heavy atom. The number of hydrogen-bond acceptors (Lipinski definition) is 25. The van der Waals surface area contributed by atoms with E-state index in [0.29, 0.717) is 25.7 Å². The molecule has 0 spiro atoms. The number of amides is 3. The molecule has 0 radical (unpaired) electrons. The van der Waals surface area contributed by atoms with Crippen LogP contribution >= 0.6 is 7.82 Å². The second-order valence-electron chi connectivity index (χ2n) is 26.2. The summed E-state index contributed by atoms with van der Waals surface area (Å²) in [5.74, 6) is -2.41. The SMILES string of the molecule is CCCCCCCC/C=C\CCCCCCCC(=O)OC[C@H](COP(=O)(O)OCCNC(=O)CCCCC(=O)NCCCO[C@@H]1OC(CO)[C@@H](O[C@@H]2OC(CO)[C@H](O)C(O[C@H]3OC(CO)[C@H](O)[C@H](O)C3O)[C@@H]2O)C(O)[C@@H]1NC(C)=O)OC(=O)CCCCCCC/C=C\CCCCCCCC. The molecule has 100 heavy (non-hydrogen) atoms. The molecule has 0 aromatic rings. The molecule has 0 saturated carbocycles. The zero-order valence-corrected chi connectivity index (χ0v) is 60.6. The van der Waals surface area contributed by atoms with Gasteiger partial charge in [-0.15, -0.1) is 0 Å². The van der Waals surface area contributed by atoms with E-state index in [1.54, 1.807) is 0 Å². The molecule has 0 bridgehead atoms. The minimum absolute atomic E-state index is 0.0267. The first-order valence-corrected chi connectivity index (χ1v) is 38.6. The molecule has 0 aromatic carbocycles. The number of nitrogens with one attached hydrogen (secondary N) is 3. The standard InChI is InChI=1S/C70H126N3O26P/c1-4-6-8-10-12-14-16-18-20-22-24-26-28-30-32-39-57(80)91-48-51(94-58(81)40-33-31-29-27-25-23-21-19-17-15-13-11-9-7-5-2)49-93-100(88,89)92-44-42-72-56(79)38-35-34-37-55(78)71-41-36-43-90-68-59(73-50(3)77)62(84)66(54(47-76)97-68)98-70-65(87)67(61(83)53(46-75)96-70)99-69-64(86)63(85)60(82)52(45-74)95-69/h18-21,51-54,59-70,74-76,82-87H,4-17,22-49H2,1-3H3,(H,71,78)(H,72,79)(H,73,77)(H,88,89)/b20-18-,21-19-/t51-,52?,53?,54?,59+,60+,61+,62?,63+,64?,65+,66-,67?,68-,69-,70+/m1/s1. The first kappa shape index (κ1) is 90.6. The van der Waals surface area contributed by atoms with Gasteiger partial charge in [-0.2, -0.15) is 0 Å². The van der Waals surface area contributed by atoms with E-state index in [-0.39, 0.29) is 64.3 Å². The Morgan fingerprint density at radius 1 is 0.460 bits per heavy atom. The molecule has 0 aliphatic carbocycles. The van der Waals surface area contributed by atoms with Crippen molar-refractivity contribution in [3.63, 3.8) is 0 Å². The maximum absolute atomic E-state index is 13.0. The molecule has 30 heteroatoms. The van der Waals surface area contributed by atoms with E-state index in [1.165, 1.54) is 77.0 Å². The molecule has 3 saturated heterocycles. The zero-order chi connectivity index (χ0) is 73.3. The van der Waals surface area contributed by atoms with Gasteiger partial charge in [-0.3, -0.25) is 33.0 Å². The summed E-state index contributed by atoms with van der Waals surface area (Å²) in [6.45, 7) is 1.58. The summed E-state index contributed by atoms with van der Waals surface area (Å²) < 4.78 is 68.4. The molecule has 7 unspecified atom stereocenters. The highest BCUT2D eigenvalue weighted by Crippen LogP contribution is 2.43. The van der Waals surface area contributed by atoms with Crippen LogP contribution in [0.2, 0.25) is 0 Å². The normalized spacial score (nSPS) is 26.5. The molecular formula is C70H126N3O26P. The second kappa shape index (κ2) is 54.9. The predicted molar refractivity (Wildman–Crippen MR) is 367 cm³/mol. The Balaban J connectivity index is 1.37. The summed E-state index contributed by atoms with van der Waals surface area (Å²) in [5, 5.41) is 103. The van der Waals surface area contributed by atoms with E-state index in [9.17, 15) is 79.4 Å². The molecule has 3 rings (SSSR count). The number of carbonyl (C=O) groups excluding carboxylic acids is 5. The Hall–Kier alpha value is -3.66. The van der Waals surface area contributed by atoms with Crippen molar-refractivity contribution in [1.82, 2.24) is 16.0 Å². The lowest BCUT2D eigenvalue weighted by Crippen LogP contribution is -2.68. The van der Waals surface area contributed by atoms with Gasteiger partial charge in [-0.1, -0.05) is 141 Å². The largest absolute Gasteiger partial charge is 0.472 e. The Bertz CT molecular complexity index is 2290.